The van der Waals surface area contributed by atoms with E-state index in [1.54, 1.807) is 0 Å². The van der Waals surface area contributed by atoms with Gasteiger partial charge in [0, 0.05) is 12.5 Å². The van der Waals surface area contributed by atoms with Crippen LogP contribution in [0.3, 0.4) is 0 Å². The quantitative estimate of drug-likeness (QED) is 0.854. The van der Waals surface area contributed by atoms with Gasteiger partial charge in [-0.1, -0.05) is 12.1 Å². The minimum Gasteiger partial charge on any atom is -0.481 e. The van der Waals surface area contributed by atoms with E-state index in [9.17, 15) is 4.79 Å². The van der Waals surface area contributed by atoms with Gasteiger partial charge in [0.2, 0.25) is 0 Å². The molecule has 1 rings (SSSR count). The average Bonchev–Trinajstić information content (AvgIpc) is 2.29. The highest BCUT2D eigenvalue weighted by Gasteiger charge is 2.17. The van der Waals surface area contributed by atoms with Crippen LogP contribution >= 0.6 is 0 Å². The van der Waals surface area contributed by atoms with Crippen LogP contribution in [0.25, 0.3) is 0 Å². The average molecular weight is 263 g/mol. The summed E-state index contributed by atoms with van der Waals surface area (Å²) in [5.74, 6) is -0.714. The summed E-state index contributed by atoms with van der Waals surface area (Å²) in [6.07, 6.45) is 1.83. The Labute approximate surface area is 116 Å². The molecule has 1 aromatic rings. The minimum atomic E-state index is -0.714. The summed E-state index contributed by atoms with van der Waals surface area (Å²) in [4.78, 5) is 12.8. The summed E-state index contributed by atoms with van der Waals surface area (Å²) < 4.78 is 0. The first-order valence-corrected chi connectivity index (χ1v) is 6.79. The molecule has 0 amide bonds. The molecule has 0 aliphatic carbocycles. The topological polar surface area (TPSA) is 40.5 Å². The van der Waals surface area contributed by atoms with E-state index in [0.29, 0.717) is 12.5 Å². The lowest BCUT2D eigenvalue weighted by Crippen LogP contribution is -2.21. The Bertz CT molecular complexity index is 452. The molecule has 0 radical (unpaired) electrons. The number of carbonyl (C=O) groups is 1. The molecule has 0 saturated heterocycles. The number of carboxylic acids is 1. The molecule has 0 saturated carbocycles. The Morgan fingerprint density at radius 1 is 1.16 bits per heavy atom. The Balaban J connectivity index is 2.93. The van der Waals surface area contributed by atoms with Gasteiger partial charge in [-0.3, -0.25) is 4.79 Å². The van der Waals surface area contributed by atoms with Crippen LogP contribution in [-0.4, -0.2) is 30.1 Å². The normalized spacial score (nSPS) is 12.7. The third-order valence-corrected chi connectivity index (χ3v) is 3.73. The summed E-state index contributed by atoms with van der Waals surface area (Å²) in [5, 5.41) is 8.76. The van der Waals surface area contributed by atoms with E-state index >= 15 is 0 Å². The Kier molecular flexibility index (Phi) is 5.55. The highest BCUT2D eigenvalue weighted by Crippen LogP contribution is 2.29. The van der Waals surface area contributed by atoms with Gasteiger partial charge < -0.3 is 10.0 Å². The van der Waals surface area contributed by atoms with Crippen LogP contribution < -0.4 is 0 Å². The number of hydrogen-bond acceptors (Lipinski definition) is 2. The van der Waals surface area contributed by atoms with Gasteiger partial charge in [0.05, 0.1) is 0 Å². The van der Waals surface area contributed by atoms with Crippen LogP contribution in [-0.2, 0) is 4.79 Å². The SMILES string of the molecule is Cc1cc(C)c(C(CCCC(=O)O)N(C)C)cc1C. The number of hydrogen-bond donors (Lipinski definition) is 1. The Morgan fingerprint density at radius 2 is 1.74 bits per heavy atom. The van der Waals surface area contributed by atoms with Crippen LogP contribution in [0.5, 0.6) is 0 Å². The second-order valence-corrected chi connectivity index (χ2v) is 5.56. The highest BCUT2D eigenvalue weighted by atomic mass is 16.4. The van der Waals surface area contributed by atoms with Crippen molar-refractivity contribution in [1.82, 2.24) is 4.90 Å². The van der Waals surface area contributed by atoms with Crippen molar-refractivity contribution in [2.24, 2.45) is 0 Å². The smallest absolute Gasteiger partial charge is 0.303 e. The number of carboxylic acid groups (broad SMARTS) is 1. The predicted octanol–water partition coefficient (Wildman–Crippen LogP) is 3.47. The molecule has 3 heteroatoms. The van der Waals surface area contributed by atoms with Crippen LogP contribution in [0.1, 0.15) is 47.6 Å². The molecule has 1 aromatic carbocycles. The fourth-order valence-electron chi connectivity index (χ4n) is 2.48. The van der Waals surface area contributed by atoms with Crippen molar-refractivity contribution < 1.29 is 9.90 Å². The molecule has 0 bridgehead atoms. The van der Waals surface area contributed by atoms with E-state index < -0.39 is 5.97 Å². The van der Waals surface area contributed by atoms with Crippen molar-refractivity contribution in [3.63, 3.8) is 0 Å². The zero-order valence-corrected chi connectivity index (χ0v) is 12.7. The van der Waals surface area contributed by atoms with Crippen molar-refractivity contribution in [2.45, 2.75) is 46.1 Å². The maximum Gasteiger partial charge on any atom is 0.303 e. The third-order valence-electron chi connectivity index (χ3n) is 3.73. The van der Waals surface area contributed by atoms with Crippen molar-refractivity contribution in [3.8, 4) is 0 Å². The van der Waals surface area contributed by atoms with Crippen molar-refractivity contribution in [3.05, 3.63) is 34.4 Å². The molecule has 1 unspecified atom stereocenters. The minimum absolute atomic E-state index is 0.244. The van der Waals surface area contributed by atoms with Gasteiger partial charge in [-0.05, 0) is 70.0 Å². The fraction of sp³-hybridized carbons (Fsp3) is 0.562. The first-order valence-electron chi connectivity index (χ1n) is 6.79. The molecule has 0 fully saturated rings. The highest BCUT2D eigenvalue weighted by molar-refractivity contribution is 5.66. The molecule has 0 aliphatic rings. The molecule has 19 heavy (non-hydrogen) atoms. The monoisotopic (exact) mass is 263 g/mol. The number of nitrogens with zero attached hydrogens (tertiary/aromatic N) is 1. The molecule has 3 nitrogen and oxygen atoms in total. The molecule has 1 N–H and O–H groups in total. The van der Waals surface area contributed by atoms with E-state index in [0.717, 1.165) is 6.42 Å². The van der Waals surface area contributed by atoms with E-state index in [2.05, 4.69) is 51.9 Å². The van der Waals surface area contributed by atoms with Crippen molar-refractivity contribution in [1.29, 1.82) is 0 Å². The second-order valence-electron chi connectivity index (χ2n) is 5.56. The largest absolute Gasteiger partial charge is 0.481 e. The van der Waals surface area contributed by atoms with Gasteiger partial charge in [0.15, 0.2) is 0 Å². The molecule has 0 heterocycles. The molecular weight excluding hydrogens is 238 g/mol. The van der Waals surface area contributed by atoms with Crippen LogP contribution in [0, 0.1) is 20.8 Å². The molecule has 0 aromatic heterocycles. The van der Waals surface area contributed by atoms with Crippen molar-refractivity contribution in [2.75, 3.05) is 14.1 Å². The van der Waals surface area contributed by atoms with Crippen LogP contribution in [0.2, 0.25) is 0 Å². The zero-order valence-electron chi connectivity index (χ0n) is 12.7. The number of benzene rings is 1. The number of aliphatic carboxylic acids is 1. The second kappa shape index (κ2) is 6.71. The van der Waals surface area contributed by atoms with Crippen molar-refractivity contribution >= 4 is 5.97 Å². The number of rotatable bonds is 6. The summed E-state index contributed by atoms with van der Waals surface area (Å²) >= 11 is 0. The van der Waals surface area contributed by atoms with Gasteiger partial charge in [-0.2, -0.15) is 0 Å². The first-order chi connectivity index (χ1) is 8.82. The lowest BCUT2D eigenvalue weighted by molar-refractivity contribution is -0.137. The zero-order chi connectivity index (χ0) is 14.6. The molecule has 106 valence electrons. The molecule has 0 aliphatic heterocycles. The summed E-state index contributed by atoms with van der Waals surface area (Å²) in [6.45, 7) is 6.39. The molecular formula is C16H25NO2. The van der Waals surface area contributed by atoms with E-state index in [1.165, 1.54) is 22.3 Å². The van der Waals surface area contributed by atoms with Gasteiger partial charge in [0.25, 0.3) is 0 Å². The summed E-state index contributed by atoms with van der Waals surface area (Å²) in [6, 6.07) is 4.76. The van der Waals surface area contributed by atoms with E-state index in [4.69, 9.17) is 5.11 Å². The lowest BCUT2D eigenvalue weighted by atomic mass is 9.92. The van der Waals surface area contributed by atoms with E-state index in [-0.39, 0.29) is 6.42 Å². The maximum absolute atomic E-state index is 10.6. The third kappa shape index (κ3) is 4.35. The first kappa shape index (κ1) is 15.7. The standard InChI is InChI=1S/C16H25NO2/c1-11-9-13(3)14(10-12(11)2)15(17(4)5)7-6-8-16(18)19/h9-10,15H,6-8H2,1-5H3,(H,18,19). The maximum atomic E-state index is 10.6. The molecule has 1 atom stereocenters. The predicted molar refractivity (Wildman–Crippen MR) is 78.6 cm³/mol. The van der Waals surface area contributed by atoms with Gasteiger partial charge >= 0.3 is 5.97 Å². The van der Waals surface area contributed by atoms with Crippen LogP contribution in [0.15, 0.2) is 12.1 Å². The molecule has 0 spiro atoms. The lowest BCUT2D eigenvalue weighted by Gasteiger charge is -2.27. The van der Waals surface area contributed by atoms with Gasteiger partial charge in [0.1, 0.15) is 0 Å². The Hall–Kier alpha value is -1.35. The Morgan fingerprint density at radius 3 is 2.26 bits per heavy atom. The van der Waals surface area contributed by atoms with E-state index in [1.807, 2.05) is 0 Å². The van der Waals surface area contributed by atoms with Gasteiger partial charge in [-0.15, -0.1) is 0 Å². The summed E-state index contributed by atoms with van der Waals surface area (Å²) in [5.41, 5.74) is 5.21. The summed E-state index contributed by atoms with van der Waals surface area (Å²) in [7, 11) is 4.11. The number of aryl methyl sites for hydroxylation is 3. The fourth-order valence-corrected chi connectivity index (χ4v) is 2.48. The van der Waals surface area contributed by atoms with Crippen LogP contribution in [0.4, 0.5) is 0 Å². The van der Waals surface area contributed by atoms with Gasteiger partial charge in [-0.25, -0.2) is 0 Å².